The third-order valence-electron chi connectivity index (χ3n) is 1.94. The maximum atomic E-state index is 9.32. The van der Waals surface area contributed by atoms with Crippen molar-refractivity contribution in [1.82, 2.24) is 4.98 Å². The SMILES string of the molecule is OCC(O)c1ccc2c(n1)OCCO2. The molecule has 2 N–H and O–H groups in total. The van der Waals surface area contributed by atoms with Crippen LogP contribution in [-0.4, -0.2) is 35.0 Å². The Morgan fingerprint density at radius 2 is 2.14 bits per heavy atom. The predicted molar refractivity (Wildman–Crippen MR) is 47.3 cm³/mol. The molecule has 0 saturated heterocycles. The molecule has 2 heterocycles. The zero-order valence-electron chi connectivity index (χ0n) is 7.51. The fraction of sp³-hybridized carbons (Fsp3) is 0.444. The average Bonchev–Trinajstić information content (AvgIpc) is 2.27. The molecule has 0 fully saturated rings. The van der Waals surface area contributed by atoms with Gasteiger partial charge in [-0.1, -0.05) is 0 Å². The van der Waals surface area contributed by atoms with Crippen molar-refractivity contribution in [3.8, 4) is 11.6 Å². The first-order chi connectivity index (χ1) is 6.81. The molecule has 0 radical (unpaired) electrons. The predicted octanol–water partition coefficient (Wildman–Crippen LogP) is -0.122. The highest BCUT2D eigenvalue weighted by Crippen LogP contribution is 2.28. The summed E-state index contributed by atoms with van der Waals surface area (Å²) in [4.78, 5) is 4.03. The van der Waals surface area contributed by atoms with Gasteiger partial charge < -0.3 is 19.7 Å². The van der Waals surface area contributed by atoms with Crippen molar-refractivity contribution in [3.05, 3.63) is 17.8 Å². The van der Waals surface area contributed by atoms with E-state index >= 15 is 0 Å². The number of pyridine rings is 1. The van der Waals surface area contributed by atoms with E-state index in [2.05, 4.69) is 4.98 Å². The molecule has 14 heavy (non-hydrogen) atoms. The van der Waals surface area contributed by atoms with E-state index in [0.29, 0.717) is 30.5 Å². The molecule has 0 saturated carbocycles. The standard InChI is InChI=1S/C9H11NO4/c11-5-7(12)6-1-2-8-9(10-6)14-4-3-13-8/h1-2,7,11-12H,3-5H2. The highest BCUT2D eigenvalue weighted by atomic mass is 16.6. The molecule has 5 nitrogen and oxygen atoms in total. The number of aliphatic hydroxyl groups excluding tert-OH is 2. The summed E-state index contributed by atoms with van der Waals surface area (Å²) in [6, 6.07) is 3.28. The van der Waals surface area contributed by atoms with E-state index in [9.17, 15) is 5.11 Å². The number of rotatable bonds is 2. The van der Waals surface area contributed by atoms with Crippen LogP contribution in [0.15, 0.2) is 12.1 Å². The number of nitrogens with zero attached hydrogens (tertiary/aromatic N) is 1. The maximum Gasteiger partial charge on any atom is 0.257 e. The van der Waals surface area contributed by atoms with Crippen LogP contribution >= 0.6 is 0 Å². The maximum absolute atomic E-state index is 9.32. The Balaban J connectivity index is 2.29. The number of hydrogen-bond donors (Lipinski definition) is 2. The minimum absolute atomic E-state index is 0.355. The van der Waals surface area contributed by atoms with Crippen molar-refractivity contribution in [2.75, 3.05) is 19.8 Å². The van der Waals surface area contributed by atoms with Gasteiger partial charge in [0.1, 0.15) is 19.3 Å². The van der Waals surface area contributed by atoms with E-state index in [-0.39, 0.29) is 6.61 Å². The lowest BCUT2D eigenvalue weighted by molar-refractivity contribution is 0.0902. The smallest absolute Gasteiger partial charge is 0.257 e. The Labute approximate surface area is 80.9 Å². The van der Waals surface area contributed by atoms with E-state index in [1.54, 1.807) is 12.1 Å². The second-order valence-corrected chi connectivity index (χ2v) is 2.93. The molecule has 1 aromatic heterocycles. The molecule has 1 unspecified atom stereocenters. The molecule has 1 atom stereocenters. The number of ether oxygens (including phenoxy) is 2. The molecule has 1 aliphatic rings. The number of hydrogen-bond acceptors (Lipinski definition) is 5. The van der Waals surface area contributed by atoms with Crippen LogP contribution in [0.2, 0.25) is 0 Å². The Bertz CT molecular complexity index is 329. The quantitative estimate of drug-likeness (QED) is 0.691. The molecule has 1 aromatic rings. The van der Waals surface area contributed by atoms with Crippen molar-refractivity contribution in [2.24, 2.45) is 0 Å². The first kappa shape index (κ1) is 9.23. The van der Waals surface area contributed by atoms with Crippen LogP contribution in [0.3, 0.4) is 0 Å². The van der Waals surface area contributed by atoms with Crippen LogP contribution in [0.1, 0.15) is 11.8 Å². The zero-order chi connectivity index (χ0) is 9.97. The summed E-state index contributed by atoms with van der Waals surface area (Å²) in [5.74, 6) is 0.950. The third kappa shape index (κ3) is 1.64. The Morgan fingerprint density at radius 3 is 2.93 bits per heavy atom. The summed E-state index contributed by atoms with van der Waals surface area (Å²) in [5, 5.41) is 18.1. The molecule has 0 bridgehead atoms. The van der Waals surface area contributed by atoms with Gasteiger partial charge in [-0.05, 0) is 12.1 Å². The van der Waals surface area contributed by atoms with E-state index in [0.717, 1.165) is 0 Å². The monoisotopic (exact) mass is 197 g/mol. The van der Waals surface area contributed by atoms with Crippen molar-refractivity contribution in [3.63, 3.8) is 0 Å². The molecule has 1 aliphatic heterocycles. The molecule has 0 amide bonds. The molecular weight excluding hydrogens is 186 g/mol. The molecule has 76 valence electrons. The van der Waals surface area contributed by atoms with Crippen LogP contribution in [-0.2, 0) is 0 Å². The largest absolute Gasteiger partial charge is 0.484 e. The zero-order valence-corrected chi connectivity index (χ0v) is 7.51. The third-order valence-corrected chi connectivity index (χ3v) is 1.94. The van der Waals surface area contributed by atoms with Gasteiger partial charge in [-0.25, -0.2) is 4.98 Å². The summed E-state index contributed by atoms with van der Waals surface area (Å²) in [7, 11) is 0. The molecule has 2 rings (SSSR count). The summed E-state index contributed by atoms with van der Waals surface area (Å²) >= 11 is 0. The number of aliphatic hydroxyl groups is 2. The summed E-state index contributed by atoms with van der Waals surface area (Å²) < 4.78 is 10.5. The summed E-state index contributed by atoms with van der Waals surface area (Å²) in [5.41, 5.74) is 0.386. The number of fused-ring (bicyclic) bond motifs is 1. The second kappa shape index (κ2) is 3.81. The van der Waals surface area contributed by atoms with Crippen molar-refractivity contribution in [2.45, 2.75) is 6.10 Å². The topological polar surface area (TPSA) is 71.8 Å². The van der Waals surface area contributed by atoms with E-state index in [1.165, 1.54) is 0 Å². The fourth-order valence-corrected chi connectivity index (χ4v) is 1.22. The Kier molecular flexibility index (Phi) is 2.51. The molecule has 0 aliphatic carbocycles. The van der Waals surface area contributed by atoms with E-state index in [1.807, 2.05) is 0 Å². The number of aromatic nitrogens is 1. The van der Waals surface area contributed by atoms with E-state index in [4.69, 9.17) is 14.6 Å². The van der Waals surface area contributed by atoms with Gasteiger partial charge in [0.25, 0.3) is 5.88 Å². The highest BCUT2D eigenvalue weighted by molar-refractivity contribution is 5.36. The van der Waals surface area contributed by atoms with Crippen molar-refractivity contribution in [1.29, 1.82) is 0 Å². The molecule has 0 spiro atoms. The van der Waals surface area contributed by atoms with Gasteiger partial charge >= 0.3 is 0 Å². The molecule has 0 aromatic carbocycles. The van der Waals surface area contributed by atoms with Gasteiger partial charge in [-0.2, -0.15) is 0 Å². The second-order valence-electron chi connectivity index (χ2n) is 2.93. The van der Waals surface area contributed by atoms with Crippen LogP contribution < -0.4 is 9.47 Å². The molecule has 5 heteroatoms. The lowest BCUT2D eigenvalue weighted by Crippen LogP contribution is -2.17. The highest BCUT2D eigenvalue weighted by Gasteiger charge is 2.16. The van der Waals surface area contributed by atoms with Gasteiger partial charge in [0.2, 0.25) is 0 Å². The van der Waals surface area contributed by atoms with Crippen LogP contribution in [0.5, 0.6) is 11.6 Å². The van der Waals surface area contributed by atoms with E-state index < -0.39 is 6.10 Å². The Morgan fingerprint density at radius 1 is 1.36 bits per heavy atom. The minimum Gasteiger partial charge on any atom is -0.484 e. The summed E-state index contributed by atoms with van der Waals surface area (Å²) in [6.07, 6.45) is -0.967. The molecular formula is C9H11NO4. The van der Waals surface area contributed by atoms with Gasteiger partial charge in [0.15, 0.2) is 5.75 Å². The minimum atomic E-state index is -0.967. The first-order valence-electron chi connectivity index (χ1n) is 4.36. The fourth-order valence-electron chi connectivity index (χ4n) is 1.22. The first-order valence-corrected chi connectivity index (χ1v) is 4.36. The van der Waals surface area contributed by atoms with Crippen molar-refractivity contribution < 1.29 is 19.7 Å². The Hall–Kier alpha value is -1.33. The van der Waals surface area contributed by atoms with Crippen LogP contribution in [0, 0.1) is 0 Å². The van der Waals surface area contributed by atoms with Crippen LogP contribution in [0.4, 0.5) is 0 Å². The average molecular weight is 197 g/mol. The van der Waals surface area contributed by atoms with Gasteiger partial charge in [-0.15, -0.1) is 0 Å². The normalized spacial score (nSPS) is 16.4. The lowest BCUT2D eigenvalue weighted by Gasteiger charge is -2.18. The summed E-state index contributed by atoms with van der Waals surface area (Å²) in [6.45, 7) is 0.613. The van der Waals surface area contributed by atoms with Crippen molar-refractivity contribution >= 4 is 0 Å². The van der Waals surface area contributed by atoms with Crippen LogP contribution in [0.25, 0.3) is 0 Å². The van der Waals surface area contributed by atoms with Gasteiger partial charge in [0.05, 0.1) is 12.3 Å². The van der Waals surface area contributed by atoms with Gasteiger partial charge in [-0.3, -0.25) is 0 Å². The van der Waals surface area contributed by atoms with Gasteiger partial charge in [0, 0.05) is 0 Å². The lowest BCUT2D eigenvalue weighted by atomic mass is 10.2.